The highest BCUT2D eigenvalue weighted by Crippen LogP contribution is 2.31. The van der Waals surface area contributed by atoms with Crippen molar-refractivity contribution in [1.82, 2.24) is 9.78 Å². The maximum absolute atomic E-state index is 12.3. The summed E-state index contributed by atoms with van der Waals surface area (Å²) in [5.41, 5.74) is 1.26. The van der Waals surface area contributed by atoms with Gasteiger partial charge in [0.25, 0.3) is 0 Å². The van der Waals surface area contributed by atoms with E-state index in [1.807, 2.05) is 6.92 Å². The number of aromatic nitrogens is 2. The Morgan fingerprint density at radius 1 is 1.30 bits per heavy atom. The summed E-state index contributed by atoms with van der Waals surface area (Å²) in [5, 5.41) is 6.78. The van der Waals surface area contributed by atoms with E-state index in [-0.39, 0.29) is 17.4 Å². The molecule has 6 nitrogen and oxygen atoms in total. The average Bonchev–Trinajstić information content (AvgIpc) is 2.93. The van der Waals surface area contributed by atoms with E-state index < -0.39 is 12.7 Å². The second-order valence-electron chi connectivity index (χ2n) is 4.83. The molecule has 1 amide bonds. The minimum atomic E-state index is -2.95. The van der Waals surface area contributed by atoms with E-state index in [1.54, 1.807) is 23.9 Å². The highest BCUT2D eigenvalue weighted by atomic mass is 19.3. The van der Waals surface area contributed by atoms with Gasteiger partial charge in [-0.2, -0.15) is 13.9 Å². The van der Waals surface area contributed by atoms with Gasteiger partial charge in [0.1, 0.15) is 6.04 Å². The number of hydrogen-bond acceptors (Lipinski definition) is 4. The number of hydrogen-bond donors (Lipinski definition) is 1. The topological polar surface area (TPSA) is 65.4 Å². The van der Waals surface area contributed by atoms with Crippen molar-refractivity contribution < 1.29 is 23.0 Å². The van der Waals surface area contributed by atoms with Crippen molar-refractivity contribution in [2.45, 2.75) is 26.5 Å². The third-order valence-electron chi connectivity index (χ3n) is 3.26. The quantitative estimate of drug-likeness (QED) is 0.887. The molecule has 1 aromatic carbocycles. The lowest BCUT2D eigenvalue weighted by molar-refractivity contribution is -0.119. The Balaban J connectivity index is 2.13. The molecule has 1 N–H and O–H groups in total. The van der Waals surface area contributed by atoms with Gasteiger partial charge in [0, 0.05) is 23.6 Å². The lowest BCUT2D eigenvalue weighted by Gasteiger charge is -2.16. The Hall–Kier alpha value is -2.64. The number of aryl methyl sites for hydroxylation is 1. The molecular weight excluding hydrogens is 308 g/mol. The van der Waals surface area contributed by atoms with E-state index in [2.05, 4.69) is 15.2 Å². The lowest BCUT2D eigenvalue weighted by atomic mass is 10.2. The van der Waals surface area contributed by atoms with Crippen molar-refractivity contribution in [3.05, 3.63) is 36.2 Å². The molecule has 1 atom stereocenters. The number of nitrogens with zero attached hydrogens (tertiary/aromatic N) is 2. The molecule has 0 fully saturated rings. The molecule has 124 valence electrons. The zero-order valence-corrected chi connectivity index (χ0v) is 12.9. The van der Waals surface area contributed by atoms with Gasteiger partial charge in [-0.1, -0.05) is 0 Å². The van der Waals surface area contributed by atoms with Crippen LogP contribution in [0.1, 0.15) is 18.7 Å². The van der Waals surface area contributed by atoms with E-state index in [4.69, 9.17) is 4.74 Å². The number of nitrogens with one attached hydrogen (secondary N) is 1. The molecule has 0 aliphatic carbocycles. The van der Waals surface area contributed by atoms with Gasteiger partial charge in [0.05, 0.1) is 7.11 Å². The Labute approximate surface area is 132 Å². The molecule has 0 saturated heterocycles. The minimum Gasteiger partial charge on any atom is -0.493 e. The molecule has 8 heteroatoms. The Morgan fingerprint density at radius 2 is 2.04 bits per heavy atom. The SMILES string of the molecule is COc1cc(NC(=O)C(C)n2nccc2C)ccc1OC(F)F. The highest BCUT2D eigenvalue weighted by Gasteiger charge is 2.18. The van der Waals surface area contributed by atoms with Gasteiger partial charge in [0.15, 0.2) is 11.5 Å². The number of alkyl halides is 2. The number of carbonyl (C=O) groups excluding carboxylic acids is 1. The number of carbonyl (C=O) groups is 1. The van der Waals surface area contributed by atoms with Crippen LogP contribution in [-0.4, -0.2) is 29.4 Å². The van der Waals surface area contributed by atoms with Gasteiger partial charge in [-0.05, 0) is 32.0 Å². The summed E-state index contributed by atoms with van der Waals surface area (Å²) in [6.45, 7) is 0.601. The molecular formula is C15H17F2N3O3. The third kappa shape index (κ3) is 3.97. The molecule has 1 aromatic heterocycles. The van der Waals surface area contributed by atoms with E-state index in [0.29, 0.717) is 5.69 Å². The zero-order chi connectivity index (χ0) is 17.0. The Bertz CT molecular complexity index is 688. The Kier molecular flexibility index (Phi) is 5.15. The summed E-state index contributed by atoms with van der Waals surface area (Å²) in [6, 6.07) is 5.46. The average molecular weight is 325 g/mol. The van der Waals surface area contributed by atoms with E-state index in [0.717, 1.165) is 5.69 Å². The number of anilines is 1. The molecule has 1 heterocycles. The molecule has 2 aromatic rings. The van der Waals surface area contributed by atoms with Crippen LogP contribution >= 0.6 is 0 Å². The first-order chi connectivity index (χ1) is 10.9. The van der Waals surface area contributed by atoms with E-state index >= 15 is 0 Å². The van der Waals surface area contributed by atoms with Crippen LogP contribution in [-0.2, 0) is 4.79 Å². The number of amides is 1. The van der Waals surface area contributed by atoms with Gasteiger partial charge in [-0.25, -0.2) is 0 Å². The number of halogens is 2. The van der Waals surface area contributed by atoms with Crippen molar-refractivity contribution >= 4 is 11.6 Å². The summed E-state index contributed by atoms with van der Waals surface area (Å²) in [7, 11) is 1.33. The first kappa shape index (κ1) is 16.7. The van der Waals surface area contributed by atoms with Crippen molar-refractivity contribution in [1.29, 1.82) is 0 Å². The predicted molar refractivity (Wildman–Crippen MR) is 79.9 cm³/mol. The van der Waals surface area contributed by atoms with Crippen LogP contribution in [0, 0.1) is 6.92 Å². The molecule has 0 bridgehead atoms. The largest absolute Gasteiger partial charge is 0.493 e. The first-order valence-corrected chi connectivity index (χ1v) is 6.86. The van der Waals surface area contributed by atoms with Gasteiger partial charge in [0.2, 0.25) is 5.91 Å². The lowest BCUT2D eigenvalue weighted by Crippen LogP contribution is -2.25. The van der Waals surface area contributed by atoms with Crippen molar-refractivity contribution in [3.63, 3.8) is 0 Å². The second-order valence-corrected chi connectivity index (χ2v) is 4.83. The molecule has 0 saturated carbocycles. The number of methoxy groups -OCH3 is 1. The molecule has 23 heavy (non-hydrogen) atoms. The van der Waals surface area contributed by atoms with Gasteiger partial charge in [-0.3, -0.25) is 9.48 Å². The fraction of sp³-hybridized carbons (Fsp3) is 0.333. The van der Waals surface area contributed by atoms with E-state index in [9.17, 15) is 13.6 Å². The third-order valence-corrected chi connectivity index (χ3v) is 3.26. The number of ether oxygens (including phenoxy) is 2. The predicted octanol–water partition coefficient (Wildman–Crippen LogP) is 3.00. The summed E-state index contributed by atoms with van der Waals surface area (Å²) in [4.78, 5) is 12.3. The summed E-state index contributed by atoms with van der Waals surface area (Å²) in [5.74, 6) is -0.288. The summed E-state index contributed by atoms with van der Waals surface area (Å²) >= 11 is 0. The van der Waals surface area contributed by atoms with Crippen LogP contribution < -0.4 is 14.8 Å². The van der Waals surface area contributed by atoms with Gasteiger partial charge >= 0.3 is 6.61 Å². The van der Waals surface area contributed by atoms with Crippen LogP contribution in [0.4, 0.5) is 14.5 Å². The number of rotatable bonds is 6. The Morgan fingerprint density at radius 3 is 2.61 bits per heavy atom. The van der Waals surface area contributed by atoms with Gasteiger partial charge < -0.3 is 14.8 Å². The maximum atomic E-state index is 12.3. The summed E-state index contributed by atoms with van der Waals surface area (Å²) < 4.78 is 35.5. The number of benzene rings is 1. The highest BCUT2D eigenvalue weighted by molar-refractivity contribution is 5.93. The van der Waals surface area contributed by atoms with Crippen molar-refractivity contribution in [2.75, 3.05) is 12.4 Å². The van der Waals surface area contributed by atoms with Crippen LogP contribution in [0.5, 0.6) is 11.5 Å². The summed E-state index contributed by atoms with van der Waals surface area (Å²) in [6.07, 6.45) is 1.61. The minimum absolute atomic E-state index is 0.100. The molecule has 0 aliphatic heterocycles. The first-order valence-electron chi connectivity index (χ1n) is 6.86. The van der Waals surface area contributed by atoms with Crippen LogP contribution in [0.3, 0.4) is 0 Å². The fourth-order valence-electron chi connectivity index (χ4n) is 2.08. The molecule has 0 radical (unpaired) electrons. The molecule has 0 spiro atoms. The molecule has 1 unspecified atom stereocenters. The van der Waals surface area contributed by atoms with E-state index in [1.165, 1.54) is 25.3 Å². The van der Waals surface area contributed by atoms with Crippen LogP contribution in [0.2, 0.25) is 0 Å². The van der Waals surface area contributed by atoms with Crippen molar-refractivity contribution in [2.24, 2.45) is 0 Å². The standard InChI is InChI=1S/C15H17F2N3O3/c1-9-6-7-18-20(9)10(2)14(21)19-11-4-5-12(23-15(16)17)13(8-11)22-3/h4-8,10,15H,1-3H3,(H,19,21). The molecule has 2 rings (SSSR count). The molecule has 0 aliphatic rings. The van der Waals surface area contributed by atoms with Crippen LogP contribution in [0.15, 0.2) is 30.5 Å². The smallest absolute Gasteiger partial charge is 0.387 e. The zero-order valence-electron chi connectivity index (χ0n) is 12.9. The fourth-order valence-corrected chi connectivity index (χ4v) is 2.08. The second kappa shape index (κ2) is 7.08. The van der Waals surface area contributed by atoms with Crippen molar-refractivity contribution in [3.8, 4) is 11.5 Å². The monoisotopic (exact) mass is 325 g/mol. The maximum Gasteiger partial charge on any atom is 0.387 e. The van der Waals surface area contributed by atoms with Crippen LogP contribution in [0.25, 0.3) is 0 Å². The normalized spacial score (nSPS) is 12.1. The van der Waals surface area contributed by atoms with Gasteiger partial charge in [-0.15, -0.1) is 0 Å².